The van der Waals surface area contributed by atoms with Crippen molar-refractivity contribution in [2.45, 2.75) is 6.42 Å². The van der Waals surface area contributed by atoms with Crippen LogP contribution in [0.1, 0.15) is 16.0 Å². The molecule has 0 spiro atoms. The molecule has 2 aromatic rings. The van der Waals surface area contributed by atoms with E-state index in [4.69, 9.17) is 16.3 Å². The number of halogens is 1. The molecule has 0 radical (unpaired) electrons. The fourth-order valence-electron chi connectivity index (χ4n) is 1.77. The van der Waals surface area contributed by atoms with Crippen LogP contribution < -0.4 is 11.1 Å². The van der Waals surface area contributed by atoms with Crippen molar-refractivity contribution in [3.8, 4) is 12.1 Å². The normalized spacial score (nSPS) is 9.75. The first-order valence-electron chi connectivity index (χ1n) is 5.87. The van der Waals surface area contributed by atoms with Gasteiger partial charge in [0.05, 0.1) is 5.69 Å². The molecule has 0 aliphatic carbocycles. The quantitative estimate of drug-likeness (QED) is 0.905. The first-order valence-corrected chi connectivity index (χ1v) is 6.68. The van der Waals surface area contributed by atoms with Gasteiger partial charge in [0.2, 0.25) is 0 Å². The standard InChI is InChI=1S/C14H11FN4S/c15-11-4-2-1-3-9(11)5-6-19-14-10(7-16)13(18)12(8-17)20-14/h1-4,19H,5-6,18H2. The molecule has 0 saturated carbocycles. The summed E-state index contributed by atoms with van der Waals surface area (Å²) in [6, 6.07) is 10.5. The second-order valence-electron chi connectivity index (χ2n) is 4.04. The van der Waals surface area contributed by atoms with Gasteiger partial charge in [-0.1, -0.05) is 18.2 Å². The van der Waals surface area contributed by atoms with E-state index >= 15 is 0 Å². The number of hydrogen-bond acceptors (Lipinski definition) is 5. The Balaban J connectivity index is 2.08. The molecule has 0 aliphatic heterocycles. The Morgan fingerprint density at radius 3 is 2.65 bits per heavy atom. The molecule has 4 nitrogen and oxygen atoms in total. The van der Waals surface area contributed by atoms with Crippen LogP contribution in [0.3, 0.4) is 0 Å². The van der Waals surface area contributed by atoms with E-state index in [2.05, 4.69) is 5.32 Å². The lowest BCUT2D eigenvalue weighted by Gasteiger charge is -2.05. The van der Waals surface area contributed by atoms with Gasteiger partial charge < -0.3 is 11.1 Å². The number of nitrogen functional groups attached to an aromatic ring is 1. The molecule has 0 saturated heterocycles. The largest absolute Gasteiger partial charge is 0.396 e. The molecule has 0 fully saturated rings. The predicted octanol–water partition coefficient (Wildman–Crippen LogP) is 2.87. The van der Waals surface area contributed by atoms with Gasteiger partial charge in [-0.15, -0.1) is 11.3 Å². The van der Waals surface area contributed by atoms with Gasteiger partial charge in [-0.3, -0.25) is 0 Å². The number of nitrogens with two attached hydrogens (primary N) is 1. The van der Waals surface area contributed by atoms with Gasteiger partial charge in [0.15, 0.2) is 0 Å². The van der Waals surface area contributed by atoms with E-state index in [1.54, 1.807) is 18.2 Å². The highest BCUT2D eigenvalue weighted by molar-refractivity contribution is 7.17. The fourth-order valence-corrected chi connectivity index (χ4v) is 2.67. The molecule has 100 valence electrons. The van der Waals surface area contributed by atoms with Crippen molar-refractivity contribution in [1.82, 2.24) is 0 Å². The Morgan fingerprint density at radius 1 is 1.25 bits per heavy atom. The summed E-state index contributed by atoms with van der Waals surface area (Å²) in [5, 5.41) is 21.5. The van der Waals surface area contributed by atoms with Crippen LogP contribution in [-0.2, 0) is 6.42 Å². The monoisotopic (exact) mass is 286 g/mol. The maximum absolute atomic E-state index is 13.4. The van der Waals surface area contributed by atoms with Gasteiger partial charge in [0.1, 0.15) is 33.4 Å². The Bertz CT molecular complexity index is 709. The topological polar surface area (TPSA) is 85.6 Å². The van der Waals surface area contributed by atoms with E-state index in [1.165, 1.54) is 6.07 Å². The van der Waals surface area contributed by atoms with Crippen LogP contribution in [0.2, 0.25) is 0 Å². The average Bonchev–Trinajstić information content (AvgIpc) is 2.76. The third-order valence-electron chi connectivity index (χ3n) is 2.80. The third-order valence-corrected chi connectivity index (χ3v) is 3.86. The molecule has 6 heteroatoms. The number of nitrogens with zero attached hydrogens (tertiary/aromatic N) is 2. The van der Waals surface area contributed by atoms with Gasteiger partial charge in [0.25, 0.3) is 0 Å². The molecule has 1 heterocycles. The lowest BCUT2D eigenvalue weighted by atomic mass is 10.1. The molecule has 20 heavy (non-hydrogen) atoms. The molecule has 3 N–H and O–H groups in total. The van der Waals surface area contributed by atoms with E-state index in [0.29, 0.717) is 28.4 Å². The summed E-state index contributed by atoms with van der Waals surface area (Å²) in [5.41, 5.74) is 6.78. The minimum Gasteiger partial charge on any atom is -0.396 e. The molecule has 0 unspecified atom stereocenters. The molecule has 0 bridgehead atoms. The van der Waals surface area contributed by atoms with Crippen molar-refractivity contribution >= 4 is 22.0 Å². The Hall–Kier alpha value is -2.57. The zero-order valence-corrected chi connectivity index (χ0v) is 11.3. The molecule has 0 atom stereocenters. The predicted molar refractivity (Wildman–Crippen MR) is 76.8 cm³/mol. The van der Waals surface area contributed by atoms with Crippen LogP contribution in [-0.4, -0.2) is 6.54 Å². The minimum absolute atomic E-state index is 0.202. The zero-order chi connectivity index (χ0) is 14.5. The van der Waals surface area contributed by atoms with Crippen molar-refractivity contribution in [3.05, 3.63) is 46.1 Å². The second-order valence-corrected chi connectivity index (χ2v) is 5.06. The molecule has 2 rings (SSSR count). The molecule has 0 aliphatic rings. The van der Waals surface area contributed by atoms with Crippen molar-refractivity contribution in [1.29, 1.82) is 10.5 Å². The van der Waals surface area contributed by atoms with Gasteiger partial charge in [-0.2, -0.15) is 10.5 Å². The molecular weight excluding hydrogens is 275 g/mol. The van der Waals surface area contributed by atoms with Crippen molar-refractivity contribution in [2.75, 3.05) is 17.6 Å². The summed E-state index contributed by atoms with van der Waals surface area (Å²) in [7, 11) is 0. The molecule has 1 aromatic heterocycles. The average molecular weight is 286 g/mol. The number of nitriles is 2. The maximum Gasteiger partial charge on any atom is 0.131 e. The number of anilines is 2. The summed E-state index contributed by atoms with van der Waals surface area (Å²) < 4.78 is 13.4. The van der Waals surface area contributed by atoms with Crippen LogP contribution in [0.15, 0.2) is 24.3 Å². The van der Waals surface area contributed by atoms with Crippen LogP contribution in [0.5, 0.6) is 0 Å². The van der Waals surface area contributed by atoms with Crippen molar-refractivity contribution < 1.29 is 4.39 Å². The summed E-state index contributed by atoms with van der Waals surface area (Å²) in [6.45, 7) is 0.459. The highest BCUT2D eigenvalue weighted by Gasteiger charge is 2.15. The molecule has 1 aromatic carbocycles. The van der Waals surface area contributed by atoms with E-state index in [0.717, 1.165) is 11.3 Å². The third kappa shape index (κ3) is 2.71. The Labute approximate surface area is 119 Å². The lowest BCUT2D eigenvalue weighted by molar-refractivity contribution is 0.610. The van der Waals surface area contributed by atoms with Gasteiger partial charge in [-0.05, 0) is 18.1 Å². The number of rotatable bonds is 4. The zero-order valence-electron chi connectivity index (χ0n) is 10.5. The van der Waals surface area contributed by atoms with Crippen molar-refractivity contribution in [3.63, 3.8) is 0 Å². The number of benzene rings is 1. The second kappa shape index (κ2) is 6.05. The fraction of sp³-hybridized carbons (Fsp3) is 0.143. The lowest BCUT2D eigenvalue weighted by Crippen LogP contribution is -2.06. The van der Waals surface area contributed by atoms with Crippen molar-refractivity contribution in [2.24, 2.45) is 0 Å². The van der Waals surface area contributed by atoms with Gasteiger partial charge in [0, 0.05) is 6.54 Å². The highest BCUT2D eigenvalue weighted by atomic mass is 32.1. The Kier molecular flexibility index (Phi) is 4.19. The van der Waals surface area contributed by atoms with Crippen LogP contribution >= 0.6 is 11.3 Å². The smallest absolute Gasteiger partial charge is 0.131 e. The summed E-state index contributed by atoms with van der Waals surface area (Å²) in [4.78, 5) is 0.315. The van der Waals surface area contributed by atoms with E-state index < -0.39 is 0 Å². The minimum atomic E-state index is -0.252. The SMILES string of the molecule is N#Cc1sc(NCCc2ccccc2F)c(C#N)c1N. The maximum atomic E-state index is 13.4. The summed E-state index contributed by atoms with van der Waals surface area (Å²) in [5.74, 6) is -0.252. The Morgan fingerprint density at radius 2 is 2.00 bits per heavy atom. The first-order chi connectivity index (χ1) is 9.67. The van der Waals surface area contributed by atoms with Crippen LogP contribution in [0.25, 0.3) is 0 Å². The molecular formula is C14H11FN4S. The van der Waals surface area contributed by atoms with E-state index in [1.807, 2.05) is 12.1 Å². The number of thiophene rings is 1. The molecule has 0 amide bonds. The summed E-state index contributed by atoms with van der Waals surface area (Å²) in [6.07, 6.45) is 0.483. The first kappa shape index (κ1) is 13.9. The van der Waals surface area contributed by atoms with Crippen LogP contribution in [0, 0.1) is 28.5 Å². The number of nitrogens with one attached hydrogen (secondary N) is 1. The number of hydrogen-bond donors (Lipinski definition) is 2. The highest BCUT2D eigenvalue weighted by Crippen LogP contribution is 2.34. The van der Waals surface area contributed by atoms with Gasteiger partial charge >= 0.3 is 0 Å². The summed E-state index contributed by atoms with van der Waals surface area (Å²) >= 11 is 1.14. The van der Waals surface area contributed by atoms with E-state index in [9.17, 15) is 4.39 Å². The van der Waals surface area contributed by atoms with E-state index in [-0.39, 0.29) is 17.1 Å². The van der Waals surface area contributed by atoms with Gasteiger partial charge in [-0.25, -0.2) is 4.39 Å². The van der Waals surface area contributed by atoms with Crippen LogP contribution in [0.4, 0.5) is 15.1 Å².